The molecule has 5 nitrogen and oxygen atoms in total. The number of carbonyl (C=O) groups is 1. The van der Waals surface area contributed by atoms with Gasteiger partial charge >= 0.3 is 5.76 Å². The highest BCUT2D eigenvalue weighted by atomic mass is 35.5. The van der Waals surface area contributed by atoms with Crippen LogP contribution in [0.3, 0.4) is 0 Å². The minimum atomic E-state index is -0.455. The standard InChI is InChI=1S/C19H15ClN2O3S/c20-14-11-15-16(10-13(14)18(23)12-4-2-1-3-5-12)25-19(24)22(15)8-6-17-21-7-9-26-17/h1-5,10-11H,6-9H2. The first-order valence-corrected chi connectivity index (χ1v) is 9.58. The zero-order valence-corrected chi connectivity index (χ0v) is 15.3. The van der Waals surface area contributed by atoms with Gasteiger partial charge in [-0.2, -0.15) is 0 Å². The quantitative estimate of drug-likeness (QED) is 0.621. The zero-order chi connectivity index (χ0) is 18.1. The van der Waals surface area contributed by atoms with Gasteiger partial charge in [-0.1, -0.05) is 41.9 Å². The lowest BCUT2D eigenvalue weighted by Crippen LogP contribution is -2.15. The molecule has 0 spiro atoms. The number of hydrogen-bond donors (Lipinski definition) is 0. The van der Waals surface area contributed by atoms with Crippen molar-refractivity contribution in [3.05, 3.63) is 69.2 Å². The van der Waals surface area contributed by atoms with E-state index in [9.17, 15) is 9.59 Å². The molecule has 0 N–H and O–H groups in total. The molecule has 7 heteroatoms. The monoisotopic (exact) mass is 386 g/mol. The minimum Gasteiger partial charge on any atom is -0.408 e. The van der Waals surface area contributed by atoms with Gasteiger partial charge in [0.25, 0.3) is 0 Å². The van der Waals surface area contributed by atoms with E-state index in [0.717, 1.165) is 17.3 Å². The third kappa shape index (κ3) is 3.22. The second-order valence-electron chi connectivity index (χ2n) is 5.89. The van der Waals surface area contributed by atoms with E-state index < -0.39 is 5.76 Å². The van der Waals surface area contributed by atoms with Crippen molar-refractivity contribution in [2.24, 2.45) is 4.99 Å². The maximum absolute atomic E-state index is 12.7. The number of oxazole rings is 1. The molecule has 0 unspecified atom stereocenters. The van der Waals surface area contributed by atoms with Crippen molar-refractivity contribution in [2.45, 2.75) is 13.0 Å². The Bertz CT molecular complexity index is 1070. The van der Waals surface area contributed by atoms with Crippen LogP contribution in [0.25, 0.3) is 11.1 Å². The van der Waals surface area contributed by atoms with E-state index >= 15 is 0 Å². The average Bonchev–Trinajstić information content (AvgIpc) is 3.27. The lowest BCUT2D eigenvalue weighted by molar-refractivity contribution is 0.103. The molecule has 1 aliphatic heterocycles. The average molecular weight is 387 g/mol. The van der Waals surface area contributed by atoms with E-state index in [4.69, 9.17) is 16.0 Å². The van der Waals surface area contributed by atoms with Crippen molar-refractivity contribution >= 4 is 45.3 Å². The Morgan fingerprint density at radius 2 is 2.08 bits per heavy atom. The topological polar surface area (TPSA) is 64.6 Å². The van der Waals surface area contributed by atoms with Crippen LogP contribution < -0.4 is 5.76 Å². The van der Waals surface area contributed by atoms with Gasteiger partial charge in [0.1, 0.15) is 0 Å². The predicted molar refractivity (Wildman–Crippen MR) is 105 cm³/mol. The number of hydrogen-bond acceptors (Lipinski definition) is 5. The lowest BCUT2D eigenvalue weighted by Gasteiger charge is -2.06. The van der Waals surface area contributed by atoms with Gasteiger partial charge in [0.15, 0.2) is 11.4 Å². The molecule has 0 amide bonds. The molecular formula is C19H15ClN2O3S. The fourth-order valence-electron chi connectivity index (χ4n) is 2.95. The first-order valence-electron chi connectivity index (χ1n) is 8.22. The number of carbonyl (C=O) groups excluding carboxylic acids is 1. The van der Waals surface area contributed by atoms with Crippen LogP contribution in [-0.2, 0) is 6.54 Å². The molecule has 2 heterocycles. The Morgan fingerprint density at radius 3 is 2.81 bits per heavy atom. The molecule has 0 bridgehead atoms. The van der Waals surface area contributed by atoms with Crippen molar-refractivity contribution < 1.29 is 9.21 Å². The van der Waals surface area contributed by atoms with Gasteiger partial charge in [-0.3, -0.25) is 14.4 Å². The van der Waals surface area contributed by atoms with Crippen LogP contribution in [0.4, 0.5) is 0 Å². The Hall–Kier alpha value is -2.31. The number of rotatable bonds is 5. The van der Waals surface area contributed by atoms with E-state index in [1.165, 1.54) is 0 Å². The Balaban J connectivity index is 1.70. The summed E-state index contributed by atoms with van der Waals surface area (Å²) in [6, 6.07) is 12.1. The van der Waals surface area contributed by atoms with Crippen molar-refractivity contribution in [2.75, 3.05) is 12.3 Å². The molecular weight excluding hydrogens is 372 g/mol. The highest BCUT2D eigenvalue weighted by molar-refractivity contribution is 8.14. The number of ketones is 1. The summed E-state index contributed by atoms with van der Waals surface area (Å²) < 4.78 is 6.89. The molecule has 0 radical (unpaired) electrons. The second kappa shape index (κ2) is 7.13. The van der Waals surface area contributed by atoms with Crippen LogP contribution in [-0.4, -0.2) is 27.7 Å². The summed E-state index contributed by atoms with van der Waals surface area (Å²) >= 11 is 8.07. The summed E-state index contributed by atoms with van der Waals surface area (Å²) in [4.78, 5) is 29.3. The van der Waals surface area contributed by atoms with E-state index in [0.29, 0.717) is 40.2 Å². The Labute approximate surface area is 158 Å². The van der Waals surface area contributed by atoms with Crippen molar-refractivity contribution in [1.29, 1.82) is 0 Å². The number of halogens is 1. The summed E-state index contributed by atoms with van der Waals surface area (Å²) in [6.07, 6.45) is 0.682. The van der Waals surface area contributed by atoms with Gasteiger partial charge in [0.05, 0.1) is 15.6 Å². The first kappa shape index (κ1) is 17.1. The molecule has 2 aromatic carbocycles. The molecule has 26 heavy (non-hydrogen) atoms. The van der Waals surface area contributed by atoms with Gasteiger partial charge in [-0.25, -0.2) is 4.79 Å². The molecule has 1 aliphatic rings. The minimum absolute atomic E-state index is 0.204. The summed E-state index contributed by atoms with van der Waals surface area (Å²) in [5, 5.41) is 1.35. The number of aliphatic imine (C=N–C) groups is 1. The smallest absolute Gasteiger partial charge is 0.408 e. The molecule has 3 aromatic rings. The van der Waals surface area contributed by atoms with Gasteiger partial charge in [-0.05, 0) is 12.1 Å². The Morgan fingerprint density at radius 1 is 1.27 bits per heavy atom. The molecule has 0 aliphatic carbocycles. The third-order valence-corrected chi connectivity index (χ3v) is 5.60. The van der Waals surface area contributed by atoms with E-state index in [1.54, 1.807) is 52.7 Å². The molecule has 0 saturated heterocycles. The lowest BCUT2D eigenvalue weighted by atomic mass is 10.0. The van der Waals surface area contributed by atoms with Gasteiger partial charge in [-0.15, -0.1) is 11.8 Å². The third-order valence-electron chi connectivity index (χ3n) is 4.24. The van der Waals surface area contributed by atoms with E-state index in [2.05, 4.69) is 4.99 Å². The highest BCUT2D eigenvalue weighted by Crippen LogP contribution is 2.26. The molecule has 0 atom stereocenters. The fraction of sp³-hybridized carbons (Fsp3) is 0.211. The second-order valence-corrected chi connectivity index (χ2v) is 7.46. The number of fused-ring (bicyclic) bond motifs is 1. The number of aromatic nitrogens is 1. The summed E-state index contributed by atoms with van der Waals surface area (Å²) in [5.74, 6) is 0.334. The van der Waals surface area contributed by atoms with Crippen LogP contribution >= 0.6 is 23.4 Å². The number of nitrogens with zero attached hydrogens (tertiary/aromatic N) is 2. The van der Waals surface area contributed by atoms with Gasteiger partial charge in [0.2, 0.25) is 0 Å². The Kier molecular flexibility index (Phi) is 4.70. The summed E-state index contributed by atoms with van der Waals surface area (Å²) in [7, 11) is 0. The molecule has 0 saturated carbocycles. The maximum atomic E-state index is 12.7. The summed E-state index contributed by atoms with van der Waals surface area (Å²) in [6.45, 7) is 1.30. The fourth-order valence-corrected chi connectivity index (χ4v) is 4.03. The molecule has 4 rings (SSSR count). The van der Waals surface area contributed by atoms with Crippen molar-refractivity contribution in [1.82, 2.24) is 4.57 Å². The van der Waals surface area contributed by atoms with Gasteiger partial charge < -0.3 is 4.42 Å². The molecule has 1 aromatic heterocycles. The normalized spacial score (nSPS) is 14.0. The van der Waals surface area contributed by atoms with Crippen LogP contribution in [0.15, 0.2) is 56.7 Å². The van der Waals surface area contributed by atoms with Gasteiger partial charge in [0, 0.05) is 36.4 Å². The van der Waals surface area contributed by atoms with Crippen LogP contribution in [0, 0.1) is 0 Å². The van der Waals surface area contributed by atoms with Crippen LogP contribution in [0.5, 0.6) is 0 Å². The van der Waals surface area contributed by atoms with Crippen molar-refractivity contribution in [3.63, 3.8) is 0 Å². The summed E-state index contributed by atoms with van der Waals surface area (Å²) in [5.41, 5.74) is 1.81. The first-order chi connectivity index (χ1) is 12.6. The van der Waals surface area contributed by atoms with E-state index in [1.807, 2.05) is 6.07 Å². The maximum Gasteiger partial charge on any atom is 0.419 e. The molecule has 132 valence electrons. The number of thioether (sulfide) groups is 1. The van der Waals surface area contributed by atoms with E-state index in [-0.39, 0.29) is 5.78 Å². The SMILES string of the molecule is O=C(c1ccccc1)c1cc2oc(=O)n(CCC3=NCCS3)c2cc1Cl. The zero-order valence-electron chi connectivity index (χ0n) is 13.8. The molecule has 0 fully saturated rings. The largest absolute Gasteiger partial charge is 0.419 e. The number of aryl methyl sites for hydroxylation is 1. The van der Waals surface area contributed by atoms with Crippen LogP contribution in [0.2, 0.25) is 5.02 Å². The highest BCUT2D eigenvalue weighted by Gasteiger charge is 2.18. The number of benzene rings is 2. The van der Waals surface area contributed by atoms with Crippen LogP contribution in [0.1, 0.15) is 22.3 Å². The predicted octanol–water partition coefficient (Wildman–Crippen LogP) is 4.01. The van der Waals surface area contributed by atoms with Crippen molar-refractivity contribution in [3.8, 4) is 0 Å².